The molecule has 1 aromatic heterocycles. The van der Waals surface area contributed by atoms with Crippen LogP contribution in [0.25, 0.3) is 0 Å². The molecule has 0 unspecified atom stereocenters. The topological polar surface area (TPSA) is 81.2 Å². The maximum atomic E-state index is 12.7. The Hall–Kier alpha value is -2.97. The zero-order valence-corrected chi connectivity index (χ0v) is 13.3. The summed E-state index contributed by atoms with van der Waals surface area (Å²) in [5, 5.41) is 2.27. The molecule has 2 aromatic rings. The summed E-state index contributed by atoms with van der Waals surface area (Å²) in [4.78, 5) is 31.5. The van der Waals surface area contributed by atoms with Crippen LogP contribution in [0.15, 0.2) is 36.7 Å². The van der Waals surface area contributed by atoms with Crippen LogP contribution in [0, 0.1) is 6.92 Å². The van der Waals surface area contributed by atoms with E-state index in [-0.39, 0.29) is 11.4 Å². The standard InChI is InChI=1S/C16H14F3N3O3/c1-9-7-21-13(8-20-9)15(24)25-10(2)14(23)22-12-5-3-4-11(6-12)16(17,18)19/h3-8,10H,1-2H3,(H,22,23)/t10-/m0/s1. The molecule has 0 radical (unpaired) electrons. The fourth-order valence-corrected chi connectivity index (χ4v) is 1.79. The summed E-state index contributed by atoms with van der Waals surface area (Å²) in [5.41, 5.74) is -0.432. The van der Waals surface area contributed by atoms with E-state index in [1.807, 2.05) is 0 Å². The van der Waals surface area contributed by atoms with Crippen molar-refractivity contribution in [3.63, 3.8) is 0 Å². The molecule has 1 amide bonds. The van der Waals surface area contributed by atoms with E-state index in [0.29, 0.717) is 5.69 Å². The lowest BCUT2D eigenvalue weighted by Gasteiger charge is -2.14. The van der Waals surface area contributed by atoms with Gasteiger partial charge in [0.2, 0.25) is 0 Å². The van der Waals surface area contributed by atoms with Crippen LogP contribution in [0.3, 0.4) is 0 Å². The van der Waals surface area contributed by atoms with Crippen molar-refractivity contribution in [2.45, 2.75) is 26.1 Å². The number of ether oxygens (including phenoxy) is 1. The minimum absolute atomic E-state index is 0.0575. The van der Waals surface area contributed by atoms with E-state index in [2.05, 4.69) is 15.3 Å². The summed E-state index contributed by atoms with van der Waals surface area (Å²) in [6.45, 7) is 2.98. The van der Waals surface area contributed by atoms with E-state index in [0.717, 1.165) is 18.2 Å². The number of aromatic nitrogens is 2. The Bertz CT molecular complexity index is 776. The molecule has 1 atom stereocenters. The largest absolute Gasteiger partial charge is 0.448 e. The molecule has 0 saturated heterocycles. The molecule has 6 nitrogen and oxygen atoms in total. The third-order valence-corrected chi connectivity index (χ3v) is 3.10. The molecule has 132 valence electrons. The number of rotatable bonds is 4. The number of alkyl halides is 3. The van der Waals surface area contributed by atoms with Crippen molar-refractivity contribution in [1.82, 2.24) is 9.97 Å². The van der Waals surface area contributed by atoms with Crippen LogP contribution in [-0.4, -0.2) is 27.9 Å². The van der Waals surface area contributed by atoms with E-state index in [1.54, 1.807) is 6.92 Å². The number of carbonyl (C=O) groups is 2. The molecule has 0 aliphatic carbocycles. The number of hydrogen-bond acceptors (Lipinski definition) is 5. The van der Waals surface area contributed by atoms with Gasteiger partial charge in [-0.15, -0.1) is 0 Å². The predicted molar refractivity (Wildman–Crippen MR) is 81.7 cm³/mol. The van der Waals surface area contributed by atoms with Crippen molar-refractivity contribution in [2.24, 2.45) is 0 Å². The highest BCUT2D eigenvalue weighted by atomic mass is 19.4. The van der Waals surface area contributed by atoms with Gasteiger partial charge in [-0.1, -0.05) is 6.07 Å². The first-order chi connectivity index (χ1) is 11.7. The zero-order chi connectivity index (χ0) is 18.6. The summed E-state index contributed by atoms with van der Waals surface area (Å²) in [6.07, 6.45) is -3.19. The number of carbonyl (C=O) groups excluding carboxylic acids is 2. The van der Waals surface area contributed by atoms with Crippen molar-refractivity contribution < 1.29 is 27.5 Å². The van der Waals surface area contributed by atoms with E-state index in [4.69, 9.17) is 4.74 Å². The number of benzene rings is 1. The maximum absolute atomic E-state index is 12.7. The Kier molecular flexibility index (Phi) is 5.35. The molecule has 1 aromatic carbocycles. The van der Waals surface area contributed by atoms with E-state index >= 15 is 0 Å². The van der Waals surface area contributed by atoms with Crippen molar-refractivity contribution in [3.8, 4) is 0 Å². The first-order valence-corrected chi connectivity index (χ1v) is 7.14. The number of halogens is 3. The van der Waals surface area contributed by atoms with Gasteiger partial charge in [0.1, 0.15) is 0 Å². The summed E-state index contributed by atoms with van der Waals surface area (Å²) in [6, 6.07) is 4.14. The zero-order valence-electron chi connectivity index (χ0n) is 13.3. The number of anilines is 1. The minimum Gasteiger partial charge on any atom is -0.448 e. The lowest BCUT2D eigenvalue weighted by Crippen LogP contribution is -2.30. The van der Waals surface area contributed by atoms with Gasteiger partial charge in [-0.05, 0) is 32.0 Å². The van der Waals surface area contributed by atoms with Gasteiger partial charge < -0.3 is 10.1 Å². The van der Waals surface area contributed by atoms with E-state index < -0.39 is 29.7 Å². The molecule has 25 heavy (non-hydrogen) atoms. The molecule has 0 spiro atoms. The third-order valence-electron chi connectivity index (χ3n) is 3.10. The summed E-state index contributed by atoms with van der Waals surface area (Å²) in [5.74, 6) is -1.63. The number of amides is 1. The molecule has 0 bridgehead atoms. The molecule has 1 N–H and O–H groups in total. The van der Waals surface area contributed by atoms with Gasteiger partial charge in [-0.2, -0.15) is 13.2 Å². The highest BCUT2D eigenvalue weighted by Crippen LogP contribution is 2.30. The van der Waals surface area contributed by atoms with Gasteiger partial charge in [-0.3, -0.25) is 9.78 Å². The van der Waals surface area contributed by atoms with Gasteiger partial charge in [-0.25, -0.2) is 9.78 Å². The average Bonchev–Trinajstić information content (AvgIpc) is 2.54. The number of nitrogens with one attached hydrogen (secondary N) is 1. The minimum atomic E-state index is -4.52. The van der Waals surface area contributed by atoms with Crippen LogP contribution in [0.1, 0.15) is 28.7 Å². The Morgan fingerprint density at radius 2 is 1.92 bits per heavy atom. The van der Waals surface area contributed by atoms with Crippen LogP contribution in [0.2, 0.25) is 0 Å². The monoisotopic (exact) mass is 353 g/mol. The lowest BCUT2D eigenvalue weighted by atomic mass is 10.2. The Morgan fingerprint density at radius 1 is 1.20 bits per heavy atom. The number of esters is 1. The summed E-state index contributed by atoms with van der Waals surface area (Å²) < 4.78 is 42.9. The molecule has 0 aliphatic rings. The highest BCUT2D eigenvalue weighted by molar-refractivity contribution is 5.96. The van der Waals surface area contributed by atoms with Gasteiger partial charge in [0.15, 0.2) is 11.8 Å². The molecule has 1 heterocycles. The quantitative estimate of drug-likeness (QED) is 0.855. The molecular formula is C16H14F3N3O3. The predicted octanol–water partition coefficient (Wildman–Crippen LogP) is 2.99. The first-order valence-electron chi connectivity index (χ1n) is 7.14. The second-order valence-corrected chi connectivity index (χ2v) is 5.16. The van der Waals surface area contributed by atoms with Crippen LogP contribution in [-0.2, 0) is 15.7 Å². The maximum Gasteiger partial charge on any atom is 0.416 e. The highest BCUT2D eigenvalue weighted by Gasteiger charge is 2.30. The van der Waals surface area contributed by atoms with Gasteiger partial charge in [0.25, 0.3) is 5.91 Å². The van der Waals surface area contributed by atoms with Crippen LogP contribution in [0.5, 0.6) is 0 Å². The Balaban J connectivity index is 2.01. The number of hydrogen-bond donors (Lipinski definition) is 1. The lowest BCUT2D eigenvalue weighted by molar-refractivity contribution is -0.137. The molecule has 0 saturated carbocycles. The van der Waals surface area contributed by atoms with Crippen LogP contribution < -0.4 is 5.32 Å². The smallest absolute Gasteiger partial charge is 0.416 e. The van der Waals surface area contributed by atoms with Crippen molar-refractivity contribution in [3.05, 3.63) is 53.6 Å². The first kappa shape index (κ1) is 18.4. The molecule has 2 rings (SSSR count). The number of aryl methyl sites for hydroxylation is 1. The second kappa shape index (κ2) is 7.29. The van der Waals surface area contributed by atoms with E-state index in [9.17, 15) is 22.8 Å². The van der Waals surface area contributed by atoms with Gasteiger partial charge in [0.05, 0.1) is 17.5 Å². The van der Waals surface area contributed by atoms with Crippen LogP contribution in [0.4, 0.5) is 18.9 Å². The number of nitrogens with zero attached hydrogens (tertiary/aromatic N) is 2. The molecule has 0 aliphatic heterocycles. The molecule has 9 heteroatoms. The van der Waals surface area contributed by atoms with Crippen molar-refractivity contribution in [2.75, 3.05) is 5.32 Å². The molecule has 0 fully saturated rings. The van der Waals surface area contributed by atoms with Crippen molar-refractivity contribution in [1.29, 1.82) is 0 Å². The van der Waals surface area contributed by atoms with Crippen molar-refractivity contribution >= 4 is 17.6 Å². The second-order valence-electron chi connectivity index (χ2n) is 5.16. The van der Waals surface area contributed by atoms with Gasteiger partial charge >= 0.3 is 12.1 Å². The summed E-state index contributed by atoms with van der Waals surface area (Å²) >= 11 is 0. The van der Waals surface area contributed by atoms with E-state index in [1.165, 1.54) is 25.4 Å². The molecular weight excluding hydrogens is 339 g/mol. The summed E-state index contributed by atoms with van der Waals surface area (Å²) in [7, 11) is 0. The Morgan fingerprint density at radius 3 is 2.52 bits per heavy atom. The SMILES string of the molecule is Cc1cnc(C(=O)O[C@@H](C)C(=O)Nc2cccc(C(F)(F)F)c2)cn1. The fraction of sp³-hybridized carbons (Fsp3) is 0.250. The van der Waals surface area contributed by atoms with Crippen LogP contribution >= 0.6 is 0 Å². The average molecular weight is 353 g/mol. The van der Waals surface area contributed by atoms with Gasteiger partial charge in [0, 0.05) is 11.9 Å². The Labute approximate surface area is 141 Å². The normalized spacial score (nSPS) is 12.4. The fourth-order valence-electron chi connectivity index (χ4n) is 1.79. The third kappa shape index (κ3) is 5.00.